The largest absolute Gasteiger partial charge is 0.465 e. The topological polar surface area (TPSA) is 26.3 Å². The summed E-state index contributed by atoms with van der Waals surface area (Å²) in [4.78, 5) is 11.8. The van der Waals surface area contributed by atoms with Gasteiger partial charge in [0.15, 0.2) is 0 Å². The van der Waals surface area contributed by atoms with Gasteiger partial charge in [0.1, 0.15) is 0 Å². The number of rotatable bonds is 2. The van der Waals surface area contributed by atoms with Crippen molar-refractivity contribution < 1.29 is 9.53 Å². The highest BCUT2D eigenvalue weighted by Gasteiger charge is 2.13. The van der Waals surface area contributed by atoms with Gasteiger partial charge >= 0.3 is 5.97 Å². The molecule has 4 heteroatoms. The van der Waals surface area contributed by atoms with E-state index in [0.29, 0.717) is 15.6 Å². The van der Waals surface area contributed by atoms with Gasteiger partial charge < -0.3 is 4.74 Å². The van der Waals surface area contributed by atoms with E-state index in [1.54, 1.807) is 30.3 Å². The summed E-state index contributed by atoms with van der Waals surface area (Å²) in [6.07, 6.45) is 0. The molecule has 0 fully saturated rings. The SMILES string of the molecule is CC.COC(=O)c1ccc2cccc(-c3c(Cl)cccc3Cl)c2c1. The molecule has 0 bridgehead atoms. The summed E-state index contributed by atoms with van der Waals surface area (Å²) in [6, 6.07) is 16.7. The molecule has 0 saturated heterocycles. The van der Waals surface area contributed by atoms with Crippen LogP contribution in [-0.2, 0) is 4.74 Å². The summed E-state index contributed by atoms with van der Waals surface area (Å²) in [6.45, 7) is 4.00. The van der Waals surface area contributed by atoms with Gasteiger partial charge in [-0.2, -0.15) is 0 Å². The number of carbonyl (C=O) groups is 1. The predicted octanol–water partition coefficient (Wildman–Crippen LogP) is 6.63. The zero-order valence-electron chi connectivity index (χ0n) is 13.8. The van der Waals surface area contributed by atoms with Crippen LogP contribution >= 0.6 is 23.2 Å². The maximum Gasteiger partial charge on any atom is 0.337 e. The van der Waals surface area contributed by atoms with Crippen molar-refractivity contribution in [3.63, 3.8) is 0 Å². The fraction of sp³-hybridized carbons (Fsp3) is 0.150. The number of esters is 1. The number of carbonyl (C=O) groups excluding carboxylic acids is 1. The number of fused-ring (bicyclic) bond motifs is 1. The summed E-state index contributed by atoms with van der Waals surface area (Å²) in [5, 5.41) is 3.05. The lowest BCUT2D eigenvalue weighted by Gasteiger charge is -2.11. The van der Waals surface area contributed by atoms with Gasteiger partial charge in [0.05, 0.1) is 12.7 Å². The van der Waals surface area contributed by atoms with Crippen LogP contribution in [0.1, 0.15) is 24.2 Å². The van der Waals surface area contributed by atoms with Crippen LogP contribution in [0.3, 0.4) is 0 Å². The number of methoxy groups -OCH3 is 1. The third kappa shape index (κ3) is 3.55. The van der Waals surface area contributed by atoms with Crippen LogP contribution in [0.15, 0.2) is 54.6 Å². The first kappa shape index (κ1) is 18.3. The second kappa shape index (κ2) is 8.18. The first-order valence-corrected chi connectivity index (χ1v) is 8.43. The van der Waals surface area contributed by atoms with E-state index in [0.717, 1.165) is 21.9 Å². The second-order valence-electron chi connectivity index (χ2n) is 4.83. The number of hydrogen-bond donors (Lipinski definition) is 0. The van der Waals surface area contributed by atoms with Crippen molar-refractivity contribution in [3.05, 3.63) is 70.2 Å². The van der Waals surface area contributed by atoms with Crippen LogP contribution in [0.5, 0.6) is 0 Å². The van der Waals surface area contributed by atoms with Gasteiger partial charge in [-0.15, -0.1) is 0 Å². The summed E-state index contributed by atoms with van der Waals surface area (Å²) in [7, 11) is 1.36. The zero-order chi connectivity index (χ0) is 17.7. The molecular weight excluding hydrogens is 343 g/mol. The lowest BCUT2D eigenvalue weighted by molar-refractivity contribution is 0.0601. The highest BCUT2D eigenvalue weighted by molar-refractivity contribution is 6.39. The van der Waals surface area contributed by atoms with Gasteiger partial charge in [-0.25, -0.2) is 4.79 Å². The Labute approximate surface area is 152 Å². The number of halogens is 2. The first-order chi connectivity index (χ1) is 11.6. The van der Waals surface area contributed by atoms with Gasteiger partial charge in [0, 0.05) is 15.6 Å². The minimum absolute atomic E-state index is 0.373. The molecule has 0 N–H and O–H groups in total. The molecule has 24 heavy (non-hydrogen) atoms. The summed E-state index contributed by atoms with van der Waals surface area (Å²) >= 11 is 12.6. The Kier molecular flexibility index (Phi) is 6.24. The lowest BCUT2D eigenvalue weighted by atomic mass is 9.96. The molecule has 0 radical (unpaired) electrons. The van der Waals surface area contributed by atoms with Crippen molar-refractivity contribution in [2.45, 2.75) is 13.8 Å². The van der Waals surface area contributed by atoms with Crippen LogP contribution in [0.25, 0.3) is 21.9 Å². The van der Waals surface area contributed by atoms with E-state index >= 15 is 0 Å². The molecule has 3 aromatic carbocycles. The van der Waals surface area contributed by atoms with Gasteiger partial charge in [-0.05, 0) is 40.6 Å². The fourth-order valence-corrected chi connectivity index (χ4v) is 3.09. The van der Waals surface area contributed by atoms with Crippen molar-refractivity contribution in [2.75, 3.05) is 7.11 Å². The third-order valence-corrected chi connectivity index (χ3v) is 4.17. The van der Waals surface area contributed by atoms with E-state index in [4.69, 9.17) is 27.9 Å². The second-order valence-corrected chi connectivity index (χ2v) is 5.64. The van der Waals surface area contributed by atoms with Crippen molar-refractivity contribution >= 4 is 39.9 Å². The Morgan fingerprint density at radius 3 is 2.17 bits per heavy atom. The molecule has 0 aliphatic rings. The zero-order valence-corrected chi connectivity index (χ0v) is 15.3. The average molecular weight is 361 g/mol. The van der Waals surface area contributed by atoms with E-state index in [1.807, 2.05) is 38.1 Å². The van der Waals surface area contributed by atoms with Gasteiger partial charge in [-0.3, -0.25) is 0 Å². The monoisotopic (exact) mass is 360 g/mol. The molecule has 0 amide bonds. The fourth-order valence-electron chi connectivity index (χ4n) is 2.49. The molecule has 0 atom stereocenters. The first-order valence-electron chi connectivity index (χ1n) is 7.67. The molecular formula is C20H18Cl2O2. The van der Waals surface area contributed by atoms with Crippen LogP contribution in [0.2, 0.25) is 10.0 Å². The Morgan fingerprint density at radius 1 is 0.917 bits per heavy atom. The Hall–Kier alpha value is -2.03. The van der Waals surface area contributed by atoms with Crippen molar-refractivity contribution in [1.82, 2.24) is 0 Å². The molecule has 0 unspecified atom stereocenters. The summed E-state index contributed by atoms with van der Waals surface area (Å²) in [5.74, 6) is -0.373. The number of hydrogen-bond acceptors (Lipinski definition) is 2. The molecule has 3 rings (SSSR count). The Balaban J connectivity index is 0.00000100. The van der Waals surface area contributed by atoms with Crippen molar-refractivity contribution in [1.29, 1.82) is 0 Å². The maximum absolute atomic E-state index is 11.8. The molecule has 0 aliphatic carbocycles. The molecule has 0 heterocycles. The van der Waals surface area contributed by atoms with E-state index in [2.05, 4.69) is 0 Å². The quantitative estimate of drug-likeness (QED) is 0.479. The number of ether oxygens (including phenoxy) is 1. The average Bonchev–Trinajstić information content (AvgIpc) is 2.62. The van der Waals surface area contributed by atoms with E-state index in [1.165, 1.54) is 7.11 Å². The van der Waals surface area contributed by atoms with Crippen LogP contribution in [0, 0.1) is 0 Å². The van der Waals surface area contributed by atoms with Gasteiger partial charge in [-0.1, -0.05) is 67.4 Å². The highest BCUT2D eigenvalue weighted by atomic mass is 35.5. The summed E-state index contributed by atoms with van der Waals surface area (Å²) in [5.41, 5.74) is 2.14. The molecule has 0 spiro atoms. The number of benzene rings is 3. The van der Waals surface area contributed by atoms with E-state index in [-0.39, 0.29) is 5.97 Å². The van der Waals surface area contributed by atoms with Gasteiger partial charge in [0.2, 0.25) is 0 Å². The Morgan fingerprint density at radius 2 is 1.54 bits per heavy atom. The van der Waals surface area contributed by atoms with Crippen molar-refractivity contribution in [2.24, 2.45) is 0 Å². The highest BCUT2D eigenvalue weighted by Crippen LogP contribution is 2.38. The third-order valence-electron chi connectivity index (χ3n) is 3.54. The summed E-state index contributed by atoms with van der Waals surface area (Å²) < 4.78 is 4.79. The molecule has 0 aliphatic heterocycles. The van der Waals surface area contributed by atoms with E-state index < -0.39 is 0 Å². The molecule has 0 aromatic heterocycles. The normalized spacial score (nSPS) is 10.0. The smallest absolute Gasteiger partial charge is 0.337 e. The van der Waals surface area contributed by atoms with Crippen LogP contribution in [0.4, 0.5) is 0 Å². The van der Waals surface area contributed by atoms with Gasteiger partial charge in [0.25, 0.3) is 0 Å². The van der Waals surface area contributed by atoms with E-state index in [9.17, 15) is 4.79 Å². The lowest BCUT2D eigenvalue weighted by Crippen LogP contribution is -2.00. The minimum atomic E-state index is -0.373. The standard InChI is InChI=1S/C18H12Cl2O2.C2H6/c1-22-18(21)12-9-8-11-4-2-5-13(14(11)10-12)17-15(19)6-3-7-16(17)20;1-2/h2-10H,1H3;1-2H3. The Bertz CT molecular complexity index is 852. The molecule has 124 valence electrons. The minimum Gasteiger partial charge on any atom is -0.465 e. The molecule has 3 aromatic rings. The predicted molar refractivity (Wildman–Crippen MR) is 102 cm³/mol. The molecule has 2 nitrogen and oxygen atoms in total. The van der Waals surface area contributed by atoms with Crippen LogP contribution < -0.4 is 0 Å². The maximum atomic E-state index is 11.8. The van der Waals surface area contributed by atoms with Crippen LogP contribution in [-0.4, -0.2) is 13.1 Å². The molecule has 0 saturated carbocycles. The van der Waals surface area contributed by atoms with Crippen molar-refractivity contribution in [3.8, 4) is 11.1 Å².